The van der Waals surface area contributed by atoms with Crippen LogP contribution in [0.1, 0.15) is 37.3 Å². The zero-order valence-corrected chi connectivity index (χ0v) is 26.1. The number of halogens is 1. The molecule has 0 aliphatic carbocycles. The summed E-state index contributed by atoms with van der Waals surface area (Å²) in [7, 11) is -3.66. The highest BCUT2D eigenvalue weighted by Crippen LogP contribution is 2.35. The Balaban J connectivity index is 1.56. The first kappa shape index (κ1) is 32.2. The summed E-state index contributed by atoms with van der Waals surface area (Å²) in [6.07, 6.45) is 2.48. The van der Waals surface area contributed by atoms with Crippen LogP contribution in [0.15, 0.2) is 72.8 Å². The van der Waals surface area contributed by atoms with E-state index in [0.29, 0.717) is 48.4 Å². The van der Waals surface area contributed by atoms with Gasteiger partial charge in [0.25, 0.3) is 0 Å². The van der Waals surface area contributed by atoms with Crippen molar-refractivity contribution in [2.75, 3.05) is 36.9 Å². The molecule has 11 heteroatoms. The monoisotopic (exact) mass is 627 g/mol. The van der Waals surface area contributed by atoms with E-state index in [1.165, 1.54) is 4.31 Å². The fraction of sp³-hybridized carbons (Fsp3) is 0.375. The predicted octanol–water partition coefficient (Wildman–Crippen LogP) is 4.82. The molecule has 0 aromatic heterocycles. The summed E-state index contributed by atoms with van der Waals surface area (Å²) >= 11 is 6.25. The summed E-state index contributed by atoms with van der Waals surface area (Å²) in [5.41, 5.74) is 2.14. The number of anilines is 1. The van der Waals surface area contributed by atoms with Gasteiger partial charge in [0.1, 0.15) is 19.3 Å². The van der Waals surface area contributed by atoms with Crippen molar-refractivity contribution < 1.29 is 27.5 Å². The number of nitrogens with one attached hydrogen (secondary N) is 1. The Morgan fingerprint density at radius 3 is 2.37 bits per heavy atom. The van der Waals surface area contributed by atoms with Gasteiger partial charge in [0, 0.05) is 43.6 Å². The van der Waals surface area contributed by atoms with Crippen molar-refractivity contribution in [3.8, 4) is 11.5 Å². The molecule has 230 valence electrons. The Morgan fingerprint density at radius 2 is 1.67 bits per heavy atom. The number of sulfonamides is 1. The highest BCUT2D eigenvalue weighted by molar-refractivity contribution is 7.92. The van der Waals surface area contributed by atoms with Crippen molar-refractivity contribution in [3.63, 3.8) is 0 Å². The lowest BCUT2D eigenvalue weighted by atomic mass is 10.0. The summed E-state index contributed by atoms with van der Waals surface area (Å²) in [5, 5.41) is 3.49. The van der Waals surface area contributed by atoms with E-state index in [4.69, 9.17) is 21.1 Å². The van der Waals surface area contributed by atoms with Crippen LogP contribution >= 0.6 is 11.6 Å². The third-order valence-electron chi connectivity index (χ3n) is 7.03. The molecule has 2 amide bonds. The maximum absolute atomic E-state index is 13.9. The molecule has 1 N–H and O–H groups in total. The van der Waals surface area contributed by atoms with Crippen molar-refractivity contribution in [2.24, 2.45) is 0 Å². The van der Waals surface area contributed by atoms with E-state index in [1.807, 2.05) is 43.3 Å². The molecule has 1 atom stereocenters. The minimum atomic E-state index is -3.66. The topological polar surface area (TPSA) is 105 Å². The molecule has 0 saturated carbocycles. The molecule has 0 bridgehead atoms. The first-order valence-electron chi connectivity index (χ1n) is 14.4. The van der Waals surface area contributed by atoms with E-state index >= 15 is 0 Å². The first-order chi connectivity index (χ1) is 20.7. The Morgan fingerprint density at radius 1 is 0.953 bits per heavy atom. The quantitative estimate of drug-likeness (QED) is 0.275. The Bertz CT molecular complexity index is 1500. The van der Waals surface area contributed by atoms with Gasteiger partial charge in [0.05, 0.1) is 11.9 Å². The van der Waals surface area contributed by atoms with Crippen LogP contribution in [0, 0.1) is 0 Å². The summed E-state index contributed by atoms with van der Waals surface area (Å²) < 4.78 is 38.0. The van der Waals surface area contributed by atoms with Gasteiger partial charge in [-0.3, -0.25) is 13.9 Å². The number of hydrogen-bond acceptors (Lipinski definition) is 6. The number of nitrogens with zero attached hydrogens (tertiary/aromatic N) is 2. The third kappa shape index (κ3) is 9.11. The SMILES string of the molecule is CCCNC(=O)[C@@H](Cc1ccccc1)N(Cc1cccc(Cl)c1)C(=O)CCCN(c1ccc2c(c1)OCCO2)S(C)(=O)=O. The Labute approximate surface area is 258 Å². The van der Waals surface area contributed by atoms with Gasteiger partial charge in [-0.2, -0.15) is 0 Å². The van der Waals surface area contributed by atoms with Crippen LogP contribution in [-0.4, -0.2) is 63.7 Å². The van der Waals surface area contributed by atoms with Gasteiger partial charge < -0.3 is 19.7 Å². The summed E-state index contributed by atoms with van der Waals surface area (Å²) in [6, 6.07) is 21.0. The summed E-state index contributed by atoms with van der Waals surface area (Å²) in [4.78, 5) is 29.0. The average Bonchev–Trinajstić information content (AvgIpc) is 2.99. The standard InChI is InChI=1S/C32H38ClN3O6S/c1-3-16-34-32(38)28(21-24-9-5-4-6-10-24)35(23-25-11-7-12-26(33)20-25)31(37)13-8-17-36(43(2,39)40)27-14-15-29-30(22-27)42-19-18-41-29/h4-7,9-12,14-15,20,22,28H,3,8,13,16-19,21,23H2,1-2H3,(H,34,38)/t28-/m1/s1. The normalized spacial score (nSPS) is 13.2. The molecule has 4 rings (SSSR count). The van der Waals surface area contributed by atoms with E-state index in [2.05, 4.69) is 5.32 Å². The molecule has 1 heterocycles. The van der Waals surface area contributed by atoms with Gasteiger partial charge in [0.15, 0.2) is 11.5 Å². The van der Waals surface area contributed by atoms with Gasteiger partial charge >= 0.3 is 0 Å². The van der Waals surface area contributed by atoms with Crippen LogP contribution < -0.4 is 19.1 Å². The van der Waals surface area contributed by atoms with Crippen LogP contribution in [-0.2, 0) is 32.6 Å². The van der Waals surface area contributed by atoms with Crippen LogP contribution in [0.4, 0.5) is 5.69 Å². The number of carbonyl (C=O) groups excluding carboxylic acids is 2. The van der Waals surface area contributed by atoms with E-state index in [0.717, 1.165) is 23.8 Å². The summed E-state index contributed by atoms with van der Waals surface area (Å²) in [6.45, 7) is 3.51. The van der Waals surface area contributed by atoms with E-state index < -0.39 is 16.1 Å². The van der Waals surface area contributed by atoms with Crippen molar-refractivity contribution in [1.29, 1.82) is 0 Å². The third-order valence-corrected chi connectivity index (χ3v) is 8.46. The van der Waals surface area contributed by atoms with Crippen LogP contribution in [0.3, 0.4) is 0 Å². The second-order valence-electron chi connectivity index (χ2n) is 10.4. The molecular weight excluding hydrogens is 590 g/mol. The molecule has 43 heavy (non-hydrogen) atoms. The molecule has 0 unspecified atom stereocenters. The minimum absolute atomic E-state index is 0.0312. The van der Waals surface area contributed by atoms with E-state index in [-0.39, 0.29) is 37.7 Å². The molecule has 1 aliphatic rings. The minimum Gasteiger partial charge on any atom is -0.486 e. The first-order valence-corrected chi connectivity index (χ1v) is 16.6. The van der Waals surface area contributed by atoms with Crippen molar-refractivity contribution in [1.82, 2.24) is 10.2 Å². The summed E-state index contributed by atoms with van der Waals surface area (Å²) in [5.74, 6) is 0.530. The molecule has 0 fully saturated rings. The van der Waals surface area contributed by atoms with Gasteiger partial charge in [-0.15, -0.1) is 0 Å². The molecular formula is C32H38ClN3O6S. The van der Waals surface area contributed by atoms with Gasteiger partial charge in [-0.1, -0.05) is 61.0 Å². The number of rotatable bonds is 14. The largest absolute Gasteiger partial charge is 0.486 e. The number of benzene rings is 3. The Kier molecular flexibility index (Phi) is 11.3. The lowest BCUT2D eigenvalue weighted by Crippen LogP contribution is -2.50. The molecule has 0 saturated heterocycles. The molecule has 3 aromatic carbocycles. The highest BCUT2D eigenvalue weighted by atomic mass is 35.5. The average molecular weight is 628 g/mol. The van der Waals surface area contributed by atoms with Crippen LogP contribution in [0.25, 0.3) is 0 Å². The molecule has 0 spiro atoms. The maximum Gasteiger partial charge on any atom is 0.243 e. The van der Waals surface area contributed by atoms with Crippen molar-refractivity contribution in [2.45, 2.75) is 45.2 Å². The molecule has 9 nitrogen and oxygen atoms in total. The fourth-order valence-electron chi connectivity index (χ4n) is 4.94. The zero-order chi connectivity index (χ0) is 30.8. The van der Waals surface area contributed by atoms with Crippen LogP contribution in [0.2, 0.25) is 5.02 Å². The van der Waals surface area contributed by atoms with E-state index in [9.17, 15) is 18.0 Å². The van der Waals surface area contributed by atoms with Gasteiger partial charge in [-0.05, 0) is 48.2 Å². The second kappa shape index (κ2) is 15.1. The van der Waals surface area contributed by atoms with Gasteiger partial charge in [0.2, 0.25) is 21.8 Å². The fourth-order valence-corrected chi connectivity index (χ4v) is 6.11. The van der Waals surface area contributed by atoms with E-state index in [1.54, 1.807) is 41.3 Å². The van der Waals surface area contributed by atoms with Crippen molar-refractivity contribution >= 4 is 39.1 Å². The number of amides is 2. The Hall–Kier alpha value is -3.76. The second-order valence-corrected chi connectivity index (χ2v) is 12.8. The smallest absolute Gasteiger partial charge is 0.243 e. The number of ether oxygens (including phenoxy) is 2. The van der Waals surface area contributed by atoms with Crippen LogP contribution in [0.5, 0.6) is 11.5 Å². The molecule has 3 aromatic rings. The van der Waals surface area contributed by atoms with Gasteiger partial charge in [-0.25, -0.2) is 8.42 Å². The molecule has 0 radical (unpaired) electrons. The number of fused-ring (bicyclic) bond motifs is 1. The predicted molar refractivity (Wildman–Crippen MR) is 168 cm³/mol. The lowest BCUT2D eigenvalue weighted by Gasteiger charge is -2.32. The highest BCUT2D eigenvalue weighted by Gasteiger charge is 2.30. The lowest BCUT2D eigenvalue weighted by molar-refractivity contribution is -0.141. The van der Waals surface area contributed by atoms with Crippen molar-refractivity contribution in [3.05, 3.63) is 88.9 Å². The number of hydrogen-bond donors (Lipinski definition) is 1. The number of carbonyl (C=O) groups is 2. The zero-order valence-electron chi connectivity index (χ0n) is 24.5. The molecule has 1 aliphatic heterocycles. The maximum atomic E-state index is 13.9.